The molecule has 24 heavy (non-hydrogen) atoms. The van der Waals surface area contributed by atoms with Crippen LogP contribution in [0.2, 0.25) is 0 Å². The fourth-order valence-corrected chi connectivity index (χ4v) is 2.42. The number of pyridine rings is 2. The Bertz CT molecular complexity index is 1060. The van der Waals surface area contributed by atoms with E-state index in [1.165, 1.54) is 6.92 Å². The Morgan fingerprint density at radius 1 is 1.21 bits per heavy atom. The van der Waals surface area contributed by atoms with Crippen molar-refractivity contribution in [1.82, 2.24) is 9.55 Å². The molecule has 0 aliphatic carbocycles. The average molecular weight is 334 g/mol. The van der Waals surface area contributed by atoms with Gasteiger partial charge < -0.3 is 5.11 Å². The third-order valence-electron chi connectivity index (χ3n) is 3.61. The fourth-order valence-electron chi connectivity index (χ4n) is 2.42. The second kappa shape index (κ2) is 5.48. The highest BCUT2D eigenvalue weighted by molar-refractivity contribution is 5.93. The summed E-state index contributed by atoms with van der Waals surface area (Å²) in [5.41, 5.74) is -2.07. The average Bonchev–Trinajstić information content (AvgIpc) is 2.51. The van der Waals surface area contributed by atoms with Crippen molar-refractivity contribution in [2.75, 3.05) is 0 Å². The van der Waals surface area contributed by atoms with E-state index in [9.17, 15) is 27.9 Å². The third-order valence-corrected chi connectivity index (χ3v) is 3.61. The van der Waals surface area contributed by atoms with E-state index in [0.717, 1.165) is 29.1 Å². The molecule has 5 nitrogen and oxygen atoms in total. The van der Waals surface area contributed by atoms with Crippen molar-refractivity contribution in [3.63, 3.8) is 0 Å². The molecular formula is C16H9F3N2O3. The Balaban J connectivity index is 2.53. The first-order valence-electron chi connectivity index (χ1n) is 6.70. The molecule has 0 saturated heterocycles. The molecule has 0 radical (unpaired) electrons. The number of carbonyl (C=O) groups is 1. The fraction of sp³-hybridized carbons (Fsp3) is 0.0625. The summed E-state index contributed by atoms with van der Waals surface area (Å²) >= 11 is 0. The van der Waals surface area contributed by atoms with E-state index >= 15 is 0 Å². The van der Waals surface area contributed by atoms with Gasteiger partial charge in [0.2, 0.25) is 5.43 Å². The van der Waals surface area contributed by atoms with Gasteiger partial charge in [0.1, 0.15) is 28.7 Å². The highest BCUT2D eigenvalue weighted by Gasteiger charge is 2.20. The van der Waals surface area contributed by atoms with Crippen molar-refractivity contribution in [2.45, 2.75) is 6.92 Å². The van der Waals surface area contributed by atoms with Crippen LogP contribution in [0.3, 0.4) is 0 Å². The topological polar surface area (TPSA) is 72.2 Å². The molecule has 1 aromatic carbocycles. The number of carboxylic acid groups (broad SMARTS) is 1. The molecule has 2 aromatic heterocycles. The number of aryl methyl sites for hydroxylation is 1. The summed E-state index contributed by atoms with van der Waals surface area (Å²) < 4.78 is 41.9. The molecule has 2 heterocycles. The van der Waals surface area contributed by atoms with Crippen LogP contribution in [0.5, 0.6) is 0 Å². The Hall–Kier alpha value is -3.16. The maximum Gasteiger partial charge on any atom is 0.341 e. The van der Waals surface area contributed by atoms with Gasteiger partial charge in [0.25, 0.3) is 0 Å². The number of fused-ring (bicyclic) bond motifs is 1. The molecule has 122 valence electrons. The number of rotatable bonds is 2. The minimum absolute atomic E-state index is 0.107. The van der Waals surface area contributed by atoms with Crippen LogP contribution >= 0.6 is 0 Å². The molecule has 0 bridgehead atoms. The Morgan fingerprint density at radius 2 is 1.92 bits per heavy atom. The van der Waals surface area contributed by atoms with E-state index in [4.69, 9.17) is 0 Å². The summed E-state index contributed by atoms with van der Waals surface area (Å²) in [6.07, 6.45) is 1.73. The number of nitrogens with zero attached hydrogens (tertiary/aromatic N) is 2. The van der Waals surface area contributed by atoms with Gasteiger partial charge in [0.15, 0.2) is 0 Å². The van der Waals surface area contributed by atoms with Crippen molar-refractivity contribution >= 4 is 17.0 Å². The molecular weight excluding hydrogens is 325 g/mol. The molecule has 0 atom stereocenters. The first kappa shape index (κ1) is 15.7. The molecule has 0 fully saturated rings. The van der Waals surface area contributed by atoms with Gasteiger partial charge in [-0.15, -0.1) is 0 Å². The zero-order valence-electron chi connectivity index (χ0n) is 12.2. The summed E-state index contributed by atoms with van der Waals surface area (Å²) in [4.78, 5) is 27.4. The second-order valence-electron chi connectivity index (χ2n) is 5.07. The van der Waals surface area contributed by atoms with Gasteiger partial charge in [0.05, 0.1) is 17.3 Å². The van der Waals surface area contributed by atoms with Crippen molar-refractivity contribution < 1.29 is 23.1 Å². The number of carboxylic acids is 1. The predicted molar refractivity (Wildman–Crippen MR) is 78.9 cm³/mol. The van der Waals surface area contributed by atoms with E-state index < -0.39 is 34.4 Å². The van der Waals surface area contributed by atoms with Crippen molar-refractivity contribution in [3.05, 3.63) is 69.4 Å². The summed E-state index contributed by atoms with van der Waals surface area (Å²) in [6.45, 7) is 1.29. The van der Waals surface area contributed by atoms with E-state index in [1.807, 2.05) is 0 Å². The standard InChI is InChI=1S/C16H9F3N2O3/c1-7-11(19)5-20-15-13(7)14(22)9(16(23)24)6-21(15)12-3-2-8(17)4-10(12)18/h2-6H,1H3,(H,23,24). The first-order valence-corrected chi connectivity index (χ1v) is 6.70. The molecule has 0 amide bonds. The van der Waals surface area contributed by atoms with Crippen LogP contribution < -0.4 is 5.43 Å². The highest BCUT2D eigenvalue weighted by Crippen LogP contribution is 2.22. The zero-order chi connectivity index (χ0) is 17.6. The zero-order valence-corrected chi connectivity index (χ0v) is 12.2. The van der Waals surface area contributed by atoms with Crippen LogP contribution in [0.1, 0.15) is 15.9 Å². The third kappa shape index (κ3) is 2.32. The summed E-state index contributed by atoms with van der Waals surface area (Å²) in [6, 6.07) is 2.65. The van der Waals surface area contributed by atoms with Crippen molar-refractivity contribution in [2.24, 2.45) is 0 Å². The van der Waals surface area contributed by atoms with Gasteiger partial charge in [-0.3, -0.25) is 9.36 Å². The number of halogens is 3. The molecule has 8 heteroatoms. The van der Waals surface area contributed by atoms with Crippen LogP contribution in [0, 0.1) is 24.4 Å². The smallest absolute Gasteiger partial charge is 0.341 e. The molecule has 0 saturated carbocycles. The van der Waals surface area contributed by atoms with Crippen LogP contribution in [-0.2, 0) is 0 Å². The largest absolute Gasteiger partial charge is 0.477 e. The van der Waals surface area contributed by atoms with Gasteiger partial charge in [-0.1, -0.05) is 0 Å². The maximum absolute atomic E-state index is 14.1. The van der Waals surface area contributed by atoms with Crippen molar-refractivity contribution in [3.8, 4) is 5.69 Å². The summed E-state index contributed by atoms with van der Waals surface area (Å²) in [5.74, 6) is -4.16. The van der Waals surface area contributed by atoms with Gasteiger partial charge in [-0.2, -0.15) is 0 Å². The minimum Gasteiger partial charge on any atom is -0.477 e. The number of aromatic carboxylic acids is 1. The number of aromatic nitrogens is 2. The van der Waals surface area contributed by atoms with Crippen LogP contribution in [0.4, 0.5) is 13.2 Å². The minimum atomic E-state index is -1.55. The second-order valence-corrected chi connectivity index (χ2v) is 5.07. The van der Waals surface area contributed by atoms with Gasteiger partial charge in [0, 0.05) is 17.8 Å². The molecule has 3 aromatic rings. The maximum atomic E-state index is 14.1. The van der Waals surface area contributed by atoms with Gasteiger partial charge >= 0.3 is 5.97 Å². The predicted octanol–water partition coefficient (Wildman–Crippen LogP) is 2.81. The monoisotopic (exact) mass is 334 g/mol. The SMILES string of the molecule is Cc1c(F)cnc2c1c(=O)c(C(=O)O)cn2-c1ccc(F)cc1F. The molecule has 3 rings (SSSR count). The lowest BCUT2D eigenvalue weighted by atomic mass is 10.1. The highest BCUT2D eigenvalue weighted by atomic mass is 19.1. The number of hydrogen-bond acceptors (Lipinski definition) is 3. The molecule has 0 unspecified atom stereocenters. The van der Waals surface area contributed by atoms with Crippen LogP contribution in [0.25, 0.3) is 16.7 Å². The lowest BCUT2D eigenvalue weighted by molar-refractivity contribution is 0.0695. The van der Waals surface area contributed by atoms with E-state index in [2.05, 4.69) is 4.98 Å². The van der Waals surface area contributed by atoms with Gasteiger partial charge in [-0.25, -0.2) is 22.9 Å². The van der Waals surface area contributed by atoms with E-state index in [-0.39, 0.29) is 22.3 Å². The van der Waals surface area contributed by atoms with Crippen LogP contribution in [-0.4, -0.2) is 20.6 Å². The van der Waals surface area contributed by atoms with Crippen LogP contribution in [0.15, 0.2) is 35.4 Å². The lowest BCUT2D eigenvalue weighted by Crippen LogP contribution is -2.20. The number of hydrogen-bond donors (Lipinski definition) is 1. The lowest BCUT2D eigenvalue weighted by Gasteiger charge is -2.13. The molecule has 0 aliphatic rings. The van der Waals surface area contributed by atoms with E-state index in [1.54, 1.807) is 0 Å². The first-order chi connectivity index (χ1) is 11.3. The summed E-state index contributed by atoms with van der Waals surface area (Å²) in [7, 11) is 0. The van der Waals surface area contributed by atoms with E-state index in [0.29, 0.717) is 6.07 Å². The quantitative estimate of drug-likeness (QED) is 0.782. The normalized spacial score (nSPS) is 11.0. The van der Waals surface area contributed by atoms with Crippen molar-refractivity contribution in [1.29, 1.82) is 0 Å². The summed E-state index contributed by atoms with van der Waals surface area (Å²) in [5, 5.41) is 8.91. The Kier molecular flexibility index (Phi) is 3.59. The van der Waals surface area contributed by atoms with Gasteiger partial charge in [-0.05, 0) is 19.1 Å². The molecule has 0 spiro atoms. The molecule has 0 aliphatic heterocycles. The molecule has 1 N–H and O–H groups in total. The number of benzene rings is 1. The Morgan fingerprint density at radius 3 is 2.54 bits per heavy atom. The Labute approximate surface area is 132 Å².